The highest BCUT2D eigenvalue weighted by atomic mass is 32.1. The molecule has 0 aliphatic rings. The average Bonchev–Trinajstić information content (AvgIpc) is 2.36. The fraction of sp³-hybridized carbons (Fsp3) is 0.375. The number of rotatable bonds is 2. The smallest absolute Gasteiger partial charge is 0.0641 e. The largest absolute Gasteiger partial charge is 0.323 e. The first-order valence-electron chi connectivity index (χ1n) is 3.41. The van der Waals surface area contributed by atoms with Gasteiger partial charge in [0.25, 0.3) is 0 Å². The second-order valence-corrected chi connectivity index (χ2v) is 3.57. The number of thiophene rings is 1. The first-order chi connectivity index (χ1) is 5.24. The molecule has 0 amide bonds. The van der Waals surface area contributed by atoms with Crippen molar-refractivity contribution in [3.63, 3.8) is 0 Å². The van der Waals surface area contributed by atoms with Crippen LogP contribution < -0.4 is 5.73 Å². The zero-order valence-corrected chi connectivity index (χ0v) is 7.19. The van der Waals surface area contributed by atoms with Gasteiger partial charge in [-0.2, -0.15) is 5.26 Å². The van der Waals surface area contributed by atoms with Crippen LogP contribution in [0.4, 0.5) is 0 Å². The van der Waals surface area contributed by atoms with Gasteiger partial charge >= 0.3 is 0 Å². The molecule has 0 aliphatic heterocycles. The van der Waals surface area contributed by atoms with Crippen molar-refractivity contribution in [1.29, 1.82) is 5.26 Å². The van der Waals surface area contributed by atoms with E-state index in [9.17, 15) is 0 Å². The minimum Gasteiger partial charge on any atom is -0.323 e. The second-order valence-electron chi connectivity index (χ2n) is 2.46. The molecule has 0 spiro atoms. The molecule has 11 heavy (non-hydrogen) atoms. The van der Waals surface area contributed by atoms with E-state index in [4.69, 9.17) is 11.0 Å². The highest BCUT2D eigenvalue weighted by Gasteiger charge is 2.05. The van der Waals surface area contributed by atoms with E-state index >= 15 is 0 Å². The number of aryl methyl sites for hydroxylation is 1. The summed E-state index contributed by atoms with van der Waals surface area (Å²) < 4.78 is 0. The van der Waals surface area contributed by atoms with Crippen LogP contribution in [0.15, 0.2) is 11.4 Å². The molecule has 1 rings (SSSR count). The summed E-state index contributed by atoms with van der Waals surface area (Å²) in [6.45, 7) is 2.03. The van der Waals surface area contributed by atoms with Crippen LogP contribution in [0, 0.1) is 18.3 Å². The minimum absolute atomic E-state index is 0.107. The number of hydrogen-bond donors (Lipinski definition) is 1. The van der Waals surface area contributed by atoms with Crippen LogP contribution in [0.3, 0.4) is 0 Å². The fourth-order valence-corrected chi connectivity index (χ4v) is 1.64. The molecule has 1 aromatic rings. The van der Waals surface area contributed by atoms with Crippen LogP contribution >= 0.6 is 11.3 Å². The van der Waals surface area contributed by atoms with Gasteiger partial charge in [0, 0.05) is 10.9 Å². The van der Waals surface area contributed by atoms with Crippen LogP contribution in [-0.4, -0.2) is 0 Å². The number of nitriles is 1. The van der Waals surface area contributed by atoms with Crippen molar-refractivity contribution in [2.45, 2.75) is 19.4 Å². The molecule has 1 atom stereocenters. The lowest BCUT2D eigenvalue weighted by Crippen LogP contribution is -2.07. The first kappa shape index (κ1) is 8.25. The van der Waals surface area contributed by atoms with E-state index in [0.717, 1.165) is 5.56 Å². The van der Waals surface area contributed by atoms with Crippen molar-refractivity contribution < 1.29 is 0 Å². The number of nitrogens with two attached hydrogens (primary N) is 1. The Morgan fingerprint density at radius 2 is 2.55 bits per heavy atom. The highest BCUT2D eigenvalue weighted by Crippen LogP contribution is 2.20. The molecule has 1 aromatic heterocycles. The maximum atomic E-state index is 8.38. The first-order valence-corrected chi connectivity index (χ1v) is 4.29. The third kappa shape index (κ3) is 2.04. The third-order valence-electron chi connectivity index (χ3n) is 1.49. The maximum absolute atomic E-state index is 8.38. The molecule has 1 heterocycles. The average molecular weight is 166 g/mol. The molecule has 0 aromatic carbocycles. The van der Waals surface area contributed by atoms with E-state index in [2.05, 4.69) is 6.07 Å². The third-order valence-corrected chi connectivity index (χ3v) is 2.37. The van der Waals surface area contributed by atoms with Crippen LogP contribution in [0.5, 0.6) is 0 Å². The van der Waals surface area contributed by atoms with Gasteiger partial charge in [0.05, 0.1) is 12.5 Å². The van der Waals surface area contributed by atoms with Gasteiger partial charge < -0.3 is 5.73 Å². The summed E-state index contributed by atoms with van der Waals surface area (Å²) in [6, 6.07) is 3.98. The van der Waals surface area contributed by atoms with Gasteiger partial charge in [0.1, 0.15) is 0 Å². The molecule has 58 valence electrons. The standard InChI is InChI=1S/C8H10N2S/c1-6-4-7(5-11-6)8(10)2-3-9/h4-5,8H,2,10H2,1H3/t8-/m1/s1. The summed E-state index contributed by atoms with van der Waals surface area (Å²) in [5, 5.41) is 10.4. The van der Waals surface area contributed by atoms with Gasteiger partial charge in [-0.25, -0.2) is 0 Å². The van der Waals surface area contributed by atoms with Crippen molar-refractivity contribution in [3.8, 4) is 6.07 Å². The summed E-state index contributed by atoms with van der Waals surface area (Å²) in [6.07, 6.45) is 0.399. The molecule has 0 bridgehead atoms. The van der Waals surface area contributed by atoms with Gasteiger partial charge in [-0.15, -0.1) is 11.3 Å². The Morgan fingerprint density at radius 1 is 1.82 bits per heavy atom. The number of hydrogen-bond acceptors (Lipinski definition) is 3. The molecule has 0 saturated carbocycles. The summed E-state index contributed by atoms with van der Waals surface area (Å²) in [5.41, 5.74) is 6.78. The van der Waals surface area contributed by atoms with Gasteiger partial charge in [-0.3, -0.25) is 0 Å². The van der Waals surface area contributed by atoms with Gasteiger partial charge in [-0.1, -0.05) is 0 Å². The van der Waals surface area contributed by atoms with Crippen LogP contribution in [0.2, 0.25) is 0 Å². The van der Waals surface area contributed by atoms with Gasteiger partial charge in [0.2, 0.25) is 0 Å². The Hall–Kier alpha value is -0.850. The zero-order chi connectivity index (χ0) is 8.27. The Labute approximate surface area is 70.3 Å². The Bertz CT molecular complexity index is 272. The fourth-order valence-electron chi connectivity index (χ4n) is 0.874. The molecule has 0 fully saturated rings. The topological polar surface area (TPSA) is 49.8 Å². The van der Waals surface area contributed by atoms with Crippen LogP contribution in [-0.2, 0) is 0 Å². The Morgan fingerprint density at radius 3 is 3.00 bits per heavy atom. The molecular weight excluding hydrogens is 156 g/mol. The van der Waals surface area contributed by atoms with Crippen molar-refractivity contribution in [1.82, 2.24) is 0 Å². The molecule has 0 radical (unpaired) electrons. The molecular formula is C8H10N2S. The van der Waals surface area contributed by atoms with Crippen molar-refractivity contribution in [2.75, 3.05) is 0 Å². The summed E-state index contributed by atoms with van der Waals surface area (Å²) in [5.74, 6) is 0. The van der Waals surface area contributed by atoms with E-state index in [1.165, 1.54) is 4.88 Å². The van der Waals surface area contributed by atoms with Gasteiger partial charge in [-0.05, 0) is 23.9 Å². The molecule has 3 heteroatoms. The predicted molar refractivity (Wildman–Crippen MR) is 46.2 cm³/mol. The van der Waals surface area contributed by atoms with Gasteiger partial charge in [0.15, 0.2) is 0 Å². The van der Waals surface area contributed by atoms with Crippen molar-refractivity contribution in [2.24, 2.45) is 5.73 Å². The maximum Gasteiger partial charge on any atom is 0.0641 e. The van der Waals surface area contributed by atoms with Crippen molar-refractivity contribution >= 4 is 11.3 Å². The molecule has 0 aliphatic carbocycles. The molecule has 2 N–H and O–H groups in total. The van der Waals surface area contributed by atoms with E-state index in [0.29, 0.717) is 6.42 Å². The van der Waals surface area contributed by atoms with Crippen LogP contribution in [0.1, 0.15) is 22.9 Å². The van der Waals surface area contributed by atoms with E-state index < -0.39 is 0 Å². The number of nitrogens with zero attached hydrogens (tertiary/aromatic N) is 1. The summed E-state index contributed by atoms with van der Waals surface area (Å²) in [7, 11) is 0. The van der Waals surface area contributed by atoms with Crippen LogP contribution in [0.25, 0.3) is 0 Å². The lowest BCUT2D eigenvalue weighted by Gasteiger charge is -2.01. The van der Waals surface area contributed by atoms with E-state index in [-0.39, 0.29) is 6.04 Å². The monoisotopic (exact) mass is 166 g/mol. The summed E-state index contributed by atoms with van der Waals surface area (Å²) >= 11 is 1.67. The Kier molecular flexibility index (Phi) is 2.64. The molecule has 0 saturated heterocycles. The minimum atomic E-state index is -0.107. The Balaban J connectivity index is 2.70. The predicted octanol–water partition coefficient (Wildman–Crippen LogP) is 1.97. The van der Waals surface area contributed by atoms with E-state index in [1.807, 2.05) is 18.4 Å². The second kappa shape index (κ2) is 3.51. The summed E-state index contributed by atoms with van der Waals surface area (Å²) in [4.78, 5) is 1.24. The SMILES string of the molecule is Cc1cc([C@H](N)CC#N)cs1. The zero-order valence-electron chi connectivity index (χ0n) is 6.37. The molecule has 0 unspecified atom stereocenters. The van der Waals surface area contributed by atoms with E-state index in [1.54, 1.807) is 11.3 Å². The lowest BCUT2D eigenvalue weighted by molar-refractivity contribution is 0.751. The lowest BCUT2D eigenvalue weighted by atomic mass is 10.1. The highest BCUT2D eigenvalue weighted by molar-refractivity contribution is 7.10. The molecule has 2 nitrogen and oxygen atoms in total. The quantitative estimate of drug-likeness (QED) is 0.730. The normalized spacial score (nSPS) is 12.5. The van der Waals surface area contributed by atoms with Crippen molar-refractivity contribution in [3.05, 3.63) is 21.9 Å².